The summed E-state index contributed by atoms with van der Waals surface area (Å²) in [6, 6.07) is 0. The molecule has 1 fully saturated rings. The van der Waals surface area contributed by atoms with Crippen molar-refractivity contribution >= 4 is 17.5 Å². The van der Waals surface area contributed by atoms with E-state index in [1.165, 1.54) is 13.2 Å². The SMILES string of the molecule is CC(=O)O[C@@H]1C(=O)[C@@]2(O)c3occ4c3[C@@](C)(CCC4=O)CC[C@]2(C)[C@@H]1C(C)C. The number of fused-ring (bicyclic) bond motifs is 2. The van der Waals surface area contributed by atoms with E-state index in [2.05, 4.69) is 6.92 Å². The molecule has 0 radical (unpaired) electrons. The molecule has 0 aliphatic heterocycles. The minimum absolute atomic E-state index is 0.00123. The first-order chi connectivity index (χ1) is 13.0. The molecule has 4 rings (SSSR count). The number of ketones is 2. The number of furan rings is 1. The van der Waals surface area contributed by atoms with Gasteiger partial charge in [-0.15, -0.1) is 0 Å². The Bertz CT molecular complexity index is 882. The molecule has 1 saturated carbocycles. The van der Waals surface area contributed by atoms with Gasteiger partial charge in [0.05, 0.1) is 5.56 Å². The molecule has 0 unspecified atom stereocenters. The van der Waals surface area contributed by atoms with Gasteiger partial charge >= 0.3 is 5.97 Å². The summed E-state index contributed by atoms with van der Waals surface area (Å²) in [7, 11) is 0. The number of esters is 1. The van der Waals surface area contributed by atoms with Crippen LogP contribution < -0.4 is 0 Å². The van der Waals surface area contributed by atoms with Crippen molar-refractivity contribution in [3.63, 3.8) is 0 Å². The van der Waals surface area contributed by atoms with E-state index in [9.17, 15) is 19.5 Å². The molecule has 6 heteroatoms. The minimum atomic E-state index is -1.93. The maximum atomic E-state index is 13.6. The molecule has 1 heterocycles. The van der Waals surface area contributed by atoms with Crippen LogP contribution in [0.3, 0.4) is 0 Å². The van der Waals surface area contributed by atoms with Crippen LogP contribution in [0.25, 0.3) is 0 Å². The van der Waals surface area contributed by atoms with Gasteiger partial charge in [-0.2, -0.15) is 0 Å². The van der Waals surface area contributed by atoms with Crippen molar-refractivity contribution in [2.45, 2.75) is 77.4 Å². The highest BCUT2D eigenvalue weighted by Crippen LogP contribution is 2.64. The molecule has 0 saturated heterocycles. The van der Waals surface area contributed by atoms with E-state index in [0.717, 1.165) is 6.42 Å². The summed E-state index contributed by atoms with van der Waals surface area (Å²) in [6.07, 6.45) is 2.77. The van der Waals surface area contributed by atoms with Crippen molar-refractivity contribution in [2.24, 2.45) is 17.3 Å². The minimum Gasteiger partial charge on any atom is -0.465 e. The summed E-state index contributed by atoms with van der Waals surface area (Å²) < 4.78 is 11.2. The van der Waals surface area contributed by atoms with Crippen LogP contribution in [0.5, 0.6) is 0 Å². The van der Waals surface area contributed by atoms with Gasteiger partial charge in [0.2, 0.25) is 5.78 Å². The molecule has 0 aromatic carbocycles. The van der Waals surface area contributed by atoms with Gasteiger partial charge in [0.1, 0.15) is 12.0 Å². The molecule has 0 amide bonds. The number of ether oxygens (including phenoxy) is 1. The van der Waals surface area contributed by atoms with Crippen LogP contribution >= 0.6 is 0 Å². The second kappa shape index (κ2) is 5.78. The highest BCUT2D eigenvalue weighted by Gasteiger charge is 2.72. The van der Waals surface area contributed by atoms with Crippen LogP contribution in [0.2, 0.25) is 0 Å². The van der Waals surface area contributed by atoms with Crippen LogP contribution in [0.15, 0.2) is 10.7 Å². The van der Waals surface area contributed by atoms with E-state index in [1.54, 1.807) is 0 Å². The zero-order chi connectivity index (χ0) is 20.6. The zero-order valence-corrected chi connectivity index (χ0v) is 17.1. The Balaban J connectivity index is 1.99. The third kappa shape index (κ3) is 2.15. The Kier molecular flexibility index (Phi) is 4.00. The van der Waals surface area contributed by atoms with Gasteiger partial charge in [-0.05, 0) is 30.6 Å². The van der Waals surface area contributed by atoms with Crippen LogP contribution in [-0.2, 0) is 25.3 Å². The molecule has 152 valence electrons. The van der Waals surface area contributed by atoms with Crippen LogP contribution in [-0.4, -0.2) is 28.7 Å². The number of hydrogen-bond donors (Lipinski definition) is 1. The van der Waals surface area contributed by atoms with Gasteiger partial charge in [-0.25, -0.2) is 0 Å². The van der Waals surface area contributed by atoms with Crippen LogP contribution in [0.1, 0.15) is 82.0 Å². The lowest BCUT2D eigenvalue weighted by Gasteiger charge is -2.41. The van der Waals surface area contributed by atoms with Gasteiger partial charge < -0.3 is 14.3 Å². The molecule has 6 nitrogen and oxygen atoms in total. The van der Waals surface area contributed by atoms with Gasteiger partial charge in [0, 0.05) is 30.2 Å². The van der Waals surface area contributed by atoms with Gasteiger partial charge in [-0.3, -0.25) is 14.4 Å². The molecule has 5 atom stereocenters. The highest BCUT2D eigenvalue weighted by molar-refractivity contribution is 6.02. The second-order valence-electron chi connectivity index (χ2n) is 9.63. The first kappa shape index (κ1) is 19.4. The van der Waals surface area contributed by atoms with Gasteiger partial charge in [0.15, 0.2) is 17.5 Å². The molecule has 1 aromatic rings. The number of hydrogen-bond acceptors (Lipinski definition) is 6. The summed E-state index contributed by atoms with van der Waals surface area (Å²) in [4.78, 5) is 37.8. The maximum Gasteiger partial charge on any atom is 0.303 e. The van der Waals surface area contributed by atoms with E-state index in [-0.39, 0.29) is 28.8 Å². The van der Waals surface area contributed by atoms with Crippen molar-refractivity contribution in [3.05, 3.63) is 23.2 Å². The lowest BCUT2D eigenvalue weighted by molar-refractivity contribution is -0.159. The predicted molar refractivity (Wildman–Crippen MR) is 99.8 cm³/mol. The molecule has 1 aromatic heterocycles. The molecule has 3 aliphatic rings. The summed E-state index contributed by atoms with van der Waals surface area (Å²) in [5.41, 5.74) is -1.97. The summed E-state index contributed by atoms with van der Waals surface area (Å²) in [5.74, 6) is -1.27. The van der Waals surface area contributed by atoms with E-state index in [0.29, 0.717) is 30.4 Å². The standard InChI is InChI=1S/C22H28O6/c1-11(2)15-17(28-12(3)23)18(25)22(26)19-16-13(10-27-19)14(24)6-7-20(16,4)8-9-21(15,22)5/h10-11,15,17,26H,6-9H2,1-5H3/t15-,17+,20+,21-,22-/m1/s1. The maximum absolute atomic E-state index is 13.6. The smallest absolute Gasteiger partial charge is 0.303 e. The van der Waals surface area contributed by atoms with Crippen molar-refractivity contribution < 1.29 is 28.6 Å². The lowest BCUT2D eigenvalue weighted by Crippen LogP contribution is -2.46. The Morgan fingerprint density at radius 1 is 1.25 bits per heavy atom. The monoisotopic (exact) mass is 388 g/mol. The molecular formula is C22H28O6. The third-order valence-corrected chi connectivity index (χ3v) is 7.64. The van der Waals surface area contributed by atoms with Gasteiger partial charge in [0.25, 0.3) is 0 Å². The zero-order valence-electron chi connectivity index (χ0n) is 17.1. The summed E-state index contributed by atoms with van der Waals surface area (Å²) in [6.45, 7) is 9.22. The summed E-state index contributed by atoms with van der Waals surface area (Å²) in [5, 5.41) is 12.0. The van der Waals surface area contributed by atoms with E-state index in [4.69, 9.17) is 9.15 Å². The van der Waals surface area contributed by atoms with E-state index < -0.39 is 28.9 Å². The average molecular weight is 388 g/mol. The van der Waals surface area contributed by atoms with Crippen LogP contribution in [0.4, 0.5) is 0 Å². The van der Waals surface area contributed by atoms with E-state index >= 15 is 0 Å². The highest BCUT2D eigenvalue weighted by atomic mass is 16.5. The molecule has 28 heavy (non-hydrogen) atoms. The largest absolute Gasteiger partial charge is 0.465 e. The van der Waals surface area contributed by atoms with Gasteiger partial charge in [-0.1, -0.05) is 27.7 Å². The first-order valence-electron chi connectivity index (χ1n) is 10.1. The Morgan fingerprint density at radius 3 is 2.54 bits per heavy atom. The fraction of sp³-hybridized carbons (Fsp3) is 0.682. The number of carbonyl (C=O) groups is 3. The topological polar surface area (TPSA) is 93.8 Å². The quantitative estimate of drug-likeness (QED) is 0.782. The van der Waals surface area contributed by atoms with Crippen molar-refractivity contribution in [3.8, 4) is 0 Å². The Morgan fingerprint density at radius 2 is 1.93 bits per heavy atom. The average Bonchev–Trinajstić information content (AvgIpc) is 3.11. The fourth-order valence-corrected chi connectivity index (χ4v) is 6.20. The van der Waals surface area contributed by atoms with Crippen LogP contribution in [0, 0.1) is 17.3 Å². The van der Waals surface area contributed by atoms with Crippen molar-refractivity contribution in [1.29, 1.82) is 0 Å². The summed E-state index contributed by atoms with van der Waals surface area (Å²) >= 11 is 0. The third-order valence-electron chi connectivity index (χ3n) is 7.64. The predicted octanol–water partition coefficient (Wildman–Crippen LogP) is 3.29. The van der Waals surface area contributed by atoms with Crippen molar-refractivity contribution in [2.75, 3.05) is 0 Å². The van der Waals surface area contributed by atoms with E-state index in [1.807, 2.05) is 20.8 Å². The lowest BCUT2D eigenvalue weighted by atomic mass is 9.64. The Hall–Kier alpha value is -1.95. The molecular weight excluding hydrogens is 360 g/mol. The Labute approximate surface area is 164 Å². The fourth-order valence-electron chi connectivity index (χ4n) is 6.20. The number of aliphatic hydroxyl groups is 1. The van der Waals surface area contributed by atoms with Crippen molar-refractivity contribution in [1.82, 2.24) is 0 Å². The number of Topliss-reactive ketones (excluding diaryl/α,β-unsaturated/α-hetero) is 2. The molecule has 0 spiro atoms. The second-order valence-corrected chi connectivity index (χ2v) is 9.63. The number of rotatable bonds is 2. The number of carbonyl (C=O) groups excluding carboxylic acids is 3. The normalized spacial score (nSPS) is 39.5. The molecule has 0 bridgehead atoms. The molecule has 1 N–H and O–H groups in total. The first-order valence-corrected chi connectivity index (χ1v) is 10.1. The molecule has 3 aliphatic carbocycles.